The van der Waals surface area contributed by atoms with E-state index >= 15 is 0 Å². The fourth-order valence-electron chi connectivity index (χ4n) is 4.86. The summed E-state index contributed by atoms with van der Waals surface area (Å²) in [5.74, 6) is -3.30. The van der Waals surface area contributed by atoms with E-state index in [-0.39, 0.29) is 29.3 Å². The predicted octanol–water partition coefficient (Wildman–Crippen LogP) is 4.16. The van der Waals surface area contributed by atoms with Crippen molar-refractivity contribution in [1.29, 1.82) is 0 Å². The molecule has 0 aromatic heterocycles. The first-order valence-corrected chi connectivity index (χ1v) is 11.5. The van der Waals surface area contributed by atoms with Gasteiger partial charge in [0.2, 0.25) is 6.79 Å². The second-order valence-corrected chi connectivity index (χ2v) is 8.76. The third kappa shape index (κ3) is 3.91. The number of aromatic carboxylic acids is 1. The number of carbonyl (C=O) groups is 2. The third-order valence-electron chi connectivity index (χ3n) is 6.63. The smallest absolute Gasteiger partial charge is 0.335 e. The number of carboxylic acids is 1. The Morgan fingerprint density at radius 3 is 2.38 bits per heavy atom. The number of rotatable bonds is 7. The molecular formula is C29H24O8. The summed E-state index contributed by atoms with van der Waals surface area (Å²) in [5, 5.41) is 21.9. The monoisotopic (exact) mass is 500 g/mol. The Balaban J connectivity index is 1.86. The average molecular weight is 501 g/mol. The number of cyclic esters (lactones) is 1. The molecule has 0 saturated heterocycles. The standard InChI is InChI=1S/C29H24O8/c1-18-6-8-20(9-7-18)28(25-16-35-17-36-25,22-5-3-4-19(14-22)27(31)32)24-15-26(30)37-29(24,33)21-10-12-23(34-2)13-11-21/h3-16,33H,17H2,1-2H3,(H,31,32). The number of aryl methyl sites for hydroxylation is 1. The molecule has 0 radical (unpaired) electrons. The van der Waals surface area contributed by atoms with Crippen LogP contribution in [0, 0.1) is 6.92 Å². The SMILES string of the molecule is COc1ccc(C2(O)OC(=O)C=C2C(C2=COCO2)(c2ccc(C)cc2)c2cccc(C(=O)O)c2)cc1. The van der Waals surface area contributed by atoms with E-state index in [4.69, 9.17) is 18.9 Å². The van der Waals surface area contributed by atoms with E-state index in [1.165, 1.54) is 31.6 Å². The zero-order valence-corrected chi connectivity index (χ0v) is 20.1. The van der Waals surface area contributed by atoms with Gasteiger partial charge in [-0.05, 0) is 54.4 Å². The van der Waals surface area contributed by atoms with Crippen LogP contribution in [0.15, 0.2) is 96.5 Å². The van der Waals surface area contributed by atoms with Crippen molar-refractivity contribution in [3.05, 3.63) is 124 Å². The molecule has 2 atom stereocenters. The van der Waals surface area contributed by atoms with Gasteiger partial charge in [-0.2, -0.15) is 0 Å². The fraction of sp³-hybridized carbons (Fsp3) is 0.172. The van der Waals surface area contributed by atoms with Gasteiger partial charge in [-0.1, -0.05) is 42.0 Å². The summed E-state index contributed by atoms with van der Waals surface area (Å²) in [5.41, 5.74) is 0.948. The third-order valence-corrected chi connectivity index (χ3v) is 6.63. The molecule has 0 amide bonds. The van der Waals surface area contributed by atoms with Crippen LogP contribution in [0.25, 0.3) is 0 Å². The summed E-state index contributed by atoms with van der Waals surface area (Å²) in [6.45, 7) is 1.84. The summed E-state index contributed by atoms with van der Waals surface area (Å²) in [6, 6.07) is 20.2. The molecule has 8 heteroatoms. The fourth-order valence-corrected chi connectivity index (χ4v) is 4.86. The van der Waals surface area contributed by atoms with Crippen molar-refractivity contribution < 1.29 is 38.7 Å². The highest BCUT2D eigenvalue weighted by Crippen LogP contribution is 2.55. The molecule has 0 bridgehead atoms. The lowest BCUT2D eigenvalue weighted by atomic mass is 9.64. The minimum absolute atomic E-state index is 0.0207. The van der Waals surface area contributed by atoms with Gasteiger partial charge in [0.15, 0.2) is 5.76 Å². The largest absolute Gasteiger partial charge is 0.497 e. The lowest BCUT2D eigenvalue weighted by Gasteiger charge is -2.41. The number of benzene rings is 3. The first-order valence-electron chi connectivity index (χ1n) is 11.5. The second-order valence-electron chi connectivity index (χ2n) is 8.76. The zero-order chi connectivity index (χ0) is 26.2. The van der Waals surface area contributed by atoms with E-state index in [2.05, 4.69) is 0 Å². The lowest BCUT2D eigenvalue weighted by Crippen LogP contribution is -2.43. The maximum atomic E-state index is 12.9. The molecule has 2 aliphatic heterocycles. The van der Waals surface area contributed by atoms with Crippen LogP contribution < -0.4 is 4.74 Å². The molecule has 3 aromatic carbocycles. The van der Waals surface area contributed by atoms with E-state index in [0.29, 0.717) is 16.9 Å². The predicted molar refractivity (Wildman–Crippen MR) is 132 cm³/mol. The van der Waals surface area contributed by atoms with Crippen LogP contribution in [0.3, 0.4) is 0 Å². The Bertz CT molecular complexity index is 1420. The van der Waals surface area contributed by atoms with Gasteiger partial charge in [0, 0.05) is 17.2 Å². The molecule has 0 aliphatic carbocycles. The Labute approximate surface area is 213 Å². The number of aliphatic hydroxyl groups is 1. The maximum Gasteiger partial charge on any atom is 0.335 e. The minimum atomic E-state index is -2.22. The average Bonchev–Trinajstić information content (AvgIpc) is 3.55. The number of allylic oxidation sites excluding steroid dienone is 1. The van der Waals surface area contributed by atoms with Gasteiger partial charge >= 0.3 is 11.9 Å². The Morgan fingerprint density at radius 1 is 1.03 bits per heavy atom. The van der Waals surface area contributed by atoms with E-state index in [1.54, 1.807) is 36.4 Å². The van der Waals surface area contributed by atoms with Crippen molar-refractivity contribution in [1.82, 2.24) is 0 Å². The normalized spacial score (nSPS) is 20.1. The minimum Gasteiger partial charge on any atom is -0.497 e. The number of hydrogen-bond donors (Lipinski definition) is 2. The highest BCUT2D eigenvalue weighted by molar-refractivity contribution is 5.90. The highest BCUT2D eigenvalue weighted by Gasteiger charge is 2.58. The number of carbonyl (C=O) groups excluding carboxylic acids is 1. The van der Waals surface area contributed by atoms with Crippen LogP contribution in [0.5, 0.6) is 5.75 Å². The number of esters is 1. The van der Waals surface area contributed by atoms with Crippen molar-refractivity contribution in [3.63, 3.8) is 0 Å². The van der Waals surface area contributed by atoms with Gasteiger partial charge in [-0.3, -0.25) is 0 Å². The second kappa shape index (κ2) is 9.15. The van der Waals surface area contributed by atoms with E-state index in [1.807, 2.05) is 31.2 Å². The molecule has 188 valence electrons. The molecule has 8 nitrogen and oxygen atoms in total. The van der Waals surface area contributed by atoms with Crippen molar-refractivity contribution in [2.45, 2.75) is 18.1 Å². The van der Waals surface area contributed by atoms with Gasteiger partial charge < -0.3 is 29.2 Å². The molecule has 2 unspecified atom stereocenters. The number of ether oxygens (including phenoxy) is 4. The molecule has 2 heterocycles. The topological polar surface area (TPSA) is 112 Å². The molecule has 0 spiro atoms. The van der Waals surface area contributed by atoms with Gasteiger partial charge in [0.25, 0.3) is 5.79 Å². The summed E-state index contributed by atoms with van der Waals surface area (Å²) in [4.78, 5) is 24.8. The summed E-state index contributed by atoms with van der Waals surface area (Å²) in [7, 11) is 1.52. The van der Waals surface area contributed by atoms with Crippen LogP contribution in [-0.4, -0.2) is 36.1 Å². The molecule has 37 heavy (non-hydrogen) atoms. The maximum absolute atomic E-state index is 12.9. The van der Waals surface area contributed by atoms with Gasteiger partial charge in [0.1, 0.15) is 17.4 Å². The molecule has 3 aromatic rings. The van der Waals surface area contributed by atoms with Crippen LogP contribution in [-0.2, 0) is 30.2 Å². The quantitative estimate of drug-likeness (QED) is 0.465. The van der Waals surface area contributed by atoms with Crippen molar-refractivity contribution >= 4 is 11.9 Å². The first-order chi connectivity index (χ1) is 17.8. The number of methoxy groups -OCH3 is 1. The summed E-state index contributed by atoms with van der Waals surface area (Å²) in [6.07, 6.45) is 2.63. The Morgan fingerprint density at radius 2 is 1.76 bits per heavy atom. The number of hydrogen-bond acceptors (Lipinski definition) is 7. The van der Waals surface area contributed by atoms with Crippen molar-refractivity contribution in [3.8, 4) is 5.75 Å². The van der Waals surface area contributed by atoms with Gasteiger partial charge in [-0.25, -0.2) is 9.59 Å². The summed E-state index contributed by atoms with van der Waals surface area (Å²) < 4.78 is 22.2. The number of carboxylic acid groups (broad SMARTS) is 1. The molecule has 5 rings (SSSR count). The van der Waals surface area contributed by atoms with Gasteiger partial charge in [-0.15, -0.1) is 0 Å². The molecule has 0 saturated carbocycles. The van der Waals surface area contributed by atoms with E-state index in [0.717, 1.165) is 5.56 Å². The molecule has 2 N–H and O–H groups in total. The Hall–Kier alpha value is -4.56. The Kier molecular flexibility index (Phi) is 5.97. The lowest BCUT2D eigenvalue weighted by molar-refractivity contribution is -0.187. The van der Waals surface area contributed by atoms with Gasteiger partial charge in [0.05, 0.1) is 12.7 Å². The highest BCUT2D eigenvalue weighted by atomic mass is 16.7. The molecule has 2 aliphatic rings. The van der Waals surface area contributed by atoms with E-state index in [9.17, 15) is 19.8 Å². The van der Waals surface area contributed by atoms with Crippen molar-refractivity contribution in [2.24, 2.45) is 0 Å². The molecular weight excluding hydrogens is 476 g/mol. The van der Waals surface area contributed by atoms with Crippen LogP contribution in [0.4, 0.5) is 0 Å². The first kappa shape index (κ1) is 24.1. The summed E-state index contributed by atoms with van der Waals surface area (Å²) >= 11 is 0. The van der Waals surface area contributed by atoms with E-state index < -0.39 is 23.1 Å². The van der Waals surface area contributed by atoms with Crippen LogP contribution >= 0.6 is 0 Å². The van der Waals surface area contributed by atoms with Crippen LogP contribution in [0.1, 0.15) is 32.6 Å². The van der Waals surface area contributed by atoms with Crippen molar-refractivity contribution in [2.75, 3.05) is 13.9 Å². The molecule has 0 fully saturated rings. The van der Waals surface area contributed by atoms with Crippen LogP contribution in [0.2, 0.25) is 0 Å². The zero-order valence-electron chi connectivity index (χ0n) is 20.1.